The third-order valence-electron chi connectivity index (χ3n) is 2.55. The minimum Gasteiger partial charge on any atom is -0.309 e. The van der Waals surface area contributed by atoms with E-state index in [0.29, 0.717) is 0 Å². The van der Waals surface area contributed by atoms with Crippen molar-refractivity contribution in [2.45, 2.75) is 26.3 Å². The molecule has 2 aromatic carbocycles. The Balaban J connectivity index is 0.000000641. The van der Waals surface area contributed by atoms with Crippen molar-refractivity contribution in [3.63, 3.8) is 0 Å². The van der Waals surface area contributed by atoms with Crippen LogP contribution in [-0.2, 0) is 0 Å². The van der Waals surface area contributed by atoms with Crippen molar-refractivity contribution < 1.29 is 0 Å². The largest absolute Gasteiger partial charge is 0.309 e. The molecular weight excluding hydrogens is 242 g/mol. The average Bonchev–Trinajstić information content (AvgIpc) is 2.53. The summed E-state index contributed by atoms with van der Waals surface area (Å²) in [6.07, 6.45) is 9.25. The summed E-state index contributed by atoms with van der Waals surface area (Å²) in [5, 5.41) is 3.33. The van der Waals surface area contributed by atoms with Crippen molar-refractivity contribution in [3.8, 4) is 12.8 Å². The molecule has 1 heteroatoms. The van der Waals surface area contributed by atoms with Crippen LogP contribution in [0.2, 0.25) is 0 Å². The SMILES string of the molecule is C#C.CCC.CNC(c1ccccc1)c1ccccc1. The highest BCUT2D eigenvalue weighted by Crippen LogP contribution is 2.20. The van der Waals surface area contributed by atoms with E-state index in [9.17, 15) is 0 Å². The van der Waals surface area contributed by atoms with E-state index in [0.717, 1.165) is 0 Å². The van der Waals surface area contributed by atoms with Crippen molar-refractivity contribution in [2.75, 3.05) is 7.05 Å². The lowest BCUT2D eigenvalue weighted by Gasteiger charge is -2.16. The molecule has 2 aromatic rings. The predicted molar refractivity (Wildman–Crippen MR) is 89.6 cm³/mol. The first-order valence-corrected chi connectivity index (χ1v) is 6.93. The first-order valence-electron chi connectivity index (χ1n) is 6.93. The Kier molecular flexibility index (Phi) is 10.8. The van der Waals surface area contributed by atoms with Crippen LogP contribution in [-0.4, -0.2) is 7.05 Å². The van der Waals surface area contributed by atoms with Crippen molar-refractivity contribution in [1.29, 1.82) is 0 Å². The molecule has 0 aliphatic carbocycles. The molecule has 1 nitrogen and oxygen atoms in total. The zero-order valence-electron chi connectivity index (χ0n) is 12.7. The molecule has 0 bridgehead atoms. The van der Waals surface area contributed by atoms with Gasteiger partial charge in [0.25, 0.3) is 0 Å². The molecule has 0 heterocycles. The second-order valence-electron chi connectivity index (χ2n) is 4.25. The minimum absolute atomic E-state index is 0.285. The highest BCUT2D eigenvalue weighted by atomic mass is 14.9. The Morgan fingerprint density at radius 1 is 0.800 bits per heavy atom. The van der Waals surface area contributed by atoms with E-state index >= 15 is 0 Å². The number of hydrogen-bond donors (Lipinski definition) is 1. The average molecular weight is 267 g/mol. The maximum Gasteiger partial charge on any atom is 0.0574 e. The summed E-state index contributed by atoms with van der Waals surface area (Å²) in [6, 6.07) is 21.2. The lowest BCUT2D eigenvalue weighted by atomic mass is 9.99. The molecule has 0 saturated heterocycles. The predicted octanol–water partition coefficient (Wildman–Crippen LogP) is 4.66. The number of terminal acetylenes is 1. The van der Waals surface area contributed by atoms with Crippen LogP contribution in [0.4, 0.5) is 0 Å². The number of hydrogen-bond acceptors (Lipinski definition) is 1. The van der Waals surface area contributed by atoms with Gasteiger partial charge in [-0.15, -0.1) is 12.8 Å². The lowest BCUT2D eigenvalue weighted by molar-refractivity contribution is 0.692. The molecular formula is C19H25N. The van der Waals surface area contributed by atoms with Crippen LogP contribution in [0, 0.1) is 12.8 Å². The topological polar surface area (TPSA) is 12.0 Å². The fourth-order valence-corrected chi connectivity index (χ4v) is 1.82. The van der Waals surface area contributed by atoms with E-state index < -0.39 is 0 Å². The van der Waals surface area contributed by atoms with Gasteiger partial charge in [-0.3, -0.25) is 0 Å². The monoisotopic (exact) mass is 267 g/mol. The second-order valence-corrected chi connectivity index (χ2v) is 4.25. The molecule has 0 fully saturated rings. The van der Waals surface area contributed by atoms with Gasteiger partial charge < -0.3 is 5.32 Å². The zero-order chi connectivity index (χ0) is 15.2. The third-order valence-corrected chi connectivity index (χ3v) is 2.55. The molecule has 0 unspecified atom stereocenters. The lowest BCUT2D eigenvalue weighted by Crippen LogP contribution is -2.17. The van der Waals surface area contributed by atoms with Gasteiger partial charge in [-0.25, -0.2) is 0 Å². The summed E-state index contributed by atoms with van der Waals surface area (Å²) in [6.45, 7) is 4.25. The molecule has 0 saturated carbocycles. The summed E-state index contributed by atoms with van der Waals surface area (Å²) in [4.78, 5) is 0. The minimum atomic E-state index is 0.285. The van der Waals surface area contributed by atoms with E-state index in [2.05, 4.69) is 80.5 Å². The molecule has 106 valence electrons. The molecule has 0 atom stereocenters. The van der Waals surface area contributed by atoms with Gasteiger partial charge in [0.15, 0.2) is 0 Å². The molecule has 0 aromatic heterocycles. The van der Waals surface area contributed by atoms with Gasteiger partial charge in [-0.2, -0.15) is 0 Å². The van der Waals surface area contributed by atoms with Crippen LogP contribution >= 0.6 is 0 Å². The van der Waals surface area contributed by atoms with Crippen molar-refractivity contribution in [2.24, 2.45) is 0 Å². The van der Waals surface area contributed by atoms with Gasteiger partial charge in [-0.1, -0.05) is 80.9 Å². The number of benzene rings is 2. The van der Waals surface area contributed by atoms with Crippen LogP contribution < -0.4 is 5.32 Å². The molecule has 0 aliphatic heterocycles. The van der Waals surface area contributed by atoms with E-state index in [1.54, 1.807) is 0 Å². The van der Waals surface area contributed by atoms with Gasteiger partial charge in [0, 0.05) is 0 Å². The van der Waals surface area contributed by atoms with E-state index in [1.165, 1.54) is 17.5 Å². The Morgan fingerprint density at radius 3 is 1.35 bits per heavy atom. The van der Waals surface area contributed by atoms with Crippen LogP contribution in [0.25, 0.3) is 0 Å². The number of nitrogens with one attached hydrogen (secondary N) is 1. The van der Waals surface area contributed by atoms with E-state index in [1.807, 2.05) is 19.2 Å². The fourth-order valence-electron chi connectivity index (χ4n) is 1.82. The second kappa shape index (κ2) is 12.0. The molecule has 1 N–H and O–H groups in total. The van der Waals surface area contributed by atoms with Crippen LogP contribution in [0.3, 0.4) is 0 Å². The summed E-state index contributed by atoms with van der Waals surface area (Å²) in [5.74, 6) is 0. The van der Waals surface area contributed by atoms with Crippen molar-refractivity contribution in [1.82, 2.24) is 5.32 Å². The zero-order valence-corrected chi connectivity index (χ0v) is 12.7. The summed E-state index contributed by atoms with van der Waals surface area (Å²) < 4.78 is 0. The van der Waals surface area contributed by atoms with Gasteiger partial charge in [0.05, 0.1) is 6.04 Å². The van der Waals surface area contributed by atoms with Gasteiger partial charge in [-0.05, 0) is 18.2 Å². The van der Waals surface area contributed by atoms with Gasteiger partial charge in [0.2, 0.25) is 0 Å². The van der Waals surface area contributed by atoms with Crippen LogP contribution in [0.5, 0.6) is 0 Å². The third kappa shape index (κ3) is 6.22. The summed E-state index contributed by atoms with van der Waals surface area (Å²) >= 11 is 0. The number of rotatable bonds is 3. The van der Waals surface area contributed by atoms with Crippen molar-refractivity contribution >= 4 is 0 Å². The highest BCUT2D eigenvalue weighted by Gasteiger charge is 2.09. The van der Waals surface area contributed by atoms with Crippen LogP contribution in [0.15, 0.2) is 60.7 Å². The molecule has 20 heavy (non-hydrogen) atoms. The maximum absolute atomic E-state index is 4.00. The van der Waals surface area contributed by atoms with Crippen molar-refractivity contribution in [3.05, 3.63) is 71.8 Å². The molecule has 0 radical (unpaired) electrons. The van der Waals surface area contributed by atoms with Crippen LogP contribution in [0.1, 0.15) is 37.4 Å². The first-order chi connectivity index (χ1) is 9.83. The van der Waals surface area contributed by atoms with E-state index in [-0.39, 0.29) is 6.04 Å². The Labute approximate surface area is 124 Å². The molecule has 0 amide bonds. The van der Waals surface area contributed by atoms with E-state index in [4.69, 9.17) is 0 Å². The highest BCUT2D eigenvalue weighted by molar-refractivity contribution is 5.31. The standard InChI is InChI=1S/C14H15N.C3H8.C2H2/c1-15-14(12-8-4-2-5-9-12)13-10-6-3-7-11-13;1-3-2;1-2/h2-11,14-15H,1H3;3H2,1-2H3;1-2H. The molecule has 2 rings (SSSR count). The Morgan fingerprint density at radius 2 is 1.10 bits per heavy atom. The quantitative estimate of drug-likeness (QED) is 0.797. The Bertz CT molecular complexity index is 405. The molecule has 0 aliphatic rings. The maximum atomic E-state index is 4.00. The molecule has 0 spiro atoms. The summed E-state index contributed by atoms with van der Waals surface area (Å²) in [7, 11) is 1.99. The summed E-state index contributed by atoms with van der Waals surface area (Å²) in [5.41, 5.74) is 2.59. The Hall–Kier alpha value is -2.04. The first kappa shape index (κ1) is 18.0. The smallest absolute Gasteiger partial charge is 0.0574 e. The normalized spacial score (nSPS) is 8.90. The van der Waals surface area contributed by atoms with Gasteiger partial charge in [0.1, 0.15) is 0 Å². The fraction of sp³-hybridized carbons (Fsp3) is 0.263. The van der Waals surface area contributed by atoms with Gasteiger partial charge >= 0.3 is 0 Å².